The fraction of sp³-hybridized carbons (Fsp3) is 0.625. The normalized spacial score (nSPS) is 19.2. The molecule has 2 heterocycles. The van der Waals surface area contributed by atoms with Crippen molar-refractivity contribution in [2.45, 2.75) is 20.3 Å². The second-order valence-corrected chi connectivity index (χ2v) is 5.37. The summed E-state index contributed by atoms with van der Waals surface area (Å²) < 4.78 is 11.8. The Hall–Kier alpha value is -1.42. The lowest BCUT2D eigenvalue weighted by Crippen LogP contribution is -2.46. The number of piperazine rings is 1. The van der Waals surface area contributed by atoms with E-state index in [-0.39, 0.29) is 0 Å². The van der Waals surface area contributed by atoms with E-state index in [0.717, 1.165) is 50.6 Å². The predicted molar refractivity (Wildman–Crippen MR) is 81.1 cm³/mol. The maximum Gasteiger partial charge on any atom is 0.184 e. The molecule has 1 saturated heterocycles. The average molecular weight is 276 g/mol. The second kappa shape index (κ2) is 5.92. The Morgan fingerprint density at radius 3 is 2.30 bits per heavy atom. The van der Waals surface area contributed by atoms with Crippen molar-refractivity contribution in [2.24, 2.45) is 0 Å². The molecular formula is C16H24N2O2. The summed E-state index contributed by atoms with van der Waals surface area (Å²) in [5.74, 6) is 1.93. The number of nitrogens with zero attached hydrogens (tertiary/aromatic N) is 2. The van der Waals surface area contributed by atoms with Gasteiger partial charge in [0.15, 0.2) is 11.5 Å². The molecule has 0 amide bonds. The van der Waals surface area contributed by atoms with E-state index in [0.29, 0.717) is 13.2 Å². The minimum atomic E-state index is 0.655. The number of rotatable bonds is 3. The molecule has 2 aliphatic heterocycles. The minimum absolute atomic E-state index is 0.655. The van der Waals surface area contributed by atoms with Crippen LogP contribution in [0.5, 0.6) is 11.5 Å². The summed E-state index contributed by atoms with van der Waals surface area (Å²) in [7, 11) is 0. The zero-order valence-electron chi connectivity index (χ0n) is 12.5. The molecule has 0 bridgehead atoms. The number of hydrogen-bond acceptors (Lipinski definition) is 4. The smallest absolute Gasteiger partial charge is 0.184 e. The van der Waals surface area contributed by atoms with Gasteiger partial charge in [-0.3, -0.25) is 0 Å². The van der Waals surface area contributed by atoms with Gasteiger partial charge in [-0.15, -0.1) is 0 Å². The van der Waals surface area contributed by atoms with Crippen molar-refractivity contribution >= 4 is 5.69 Å². The molecule has 0 radical (unpaired) electrons. The second-order valence-electron chi connectivity index (χ2n) is 5.37. The molecule has 4 nitrogen and oxygen atoms in total. The summed E-state index contributed by atoms with van der Waals surface area (Å²) in [5, 5.41) is 0. The number of benzene rings is 1. The third kappa shape index (κ3) is 2.44. The highest BCUT2D eigenvalue weighted by molar-refractivity contribution is 5.68. The lowest BCUT2D eigenvalue weighted by molar-refractivity contribution is 0.170. The van der Waals surface area contributed by atoms with Gasteiger partial charge in [0.25, 0.3) is 0 Å². The number of fused-ring (bicyclic) bond motifs is 1. The fourth-order valence-electron chi connectivity index (χ4n) is 3.01. The van der Waals surface area contributed by atoms with Crippen LogP contribution in [0.3, 0.4) is 0 Å². The average Bonchev–Trinajstić information content (AvgIpc) is 2.54. The molecule has 0 atom stereocenters. The molecule has 1 aromatic carbocycles. The van der Waals surface area contributed by atoms with Crippen LogP contribution in [0.4, 0.5) is 5.69 Å². The first-order valence-electron chi connectivity index (χ1n) is 7.72. The summed E-state index contributed by atoms with van der Waals surface area (Å²) in [6, 6.07) is 4.39. The van der Waals surface area contributed by atoms with E-state index < -0.39 is 0 Å². The number of hydrogen-bond donors (Lipinski definition) is 0. The SMILES string of the molecule is CCc1ccc(N2CCN(CC)CC2)c2c1OCCO2. The van der Waals surface area contributed by atoms with Crippen LogP contribution < -0.4 is 14.4 Å². The first-order valence-corrected chi connectivity index (χ1v) is 7.72. The zero-order chi connectivity index (χ0) is 13.9. The lowest BCUT2D eigenvalue weighted by atomic mass is 10.1. The van der Waals surface area contributed by atoms with Crippen LogP contribution in [0.2, 0.25) is 0 Å². The molecule has 0 N–H and O–H groups in total. The van der Waals surface area contributed by atoms with Gasteiger partial charge >= 0.3 is 0 Å². The van der Waals surface area contributed by atoms with Crippen LogP contribution in [0.1, 0.15) is 19.4 Å². The molecule has 4 heteroatoms. The van der Waals surface area contributed by atoms with Crippen molar-refractivity contribution in [1.29, 1.82) is 0 Å². The third-order valence-electron chi connectivity index (χ3n) is 4.29. The Bertz CT molecular complexity index is 468. The van der Waals surface area contributed by atoms with E-state index in [4.69, 9.17) is 9.47 Å². The number of likely N-dealkylation sites (N-methyl/N-ethyl adjacent to an activating group) is 1. The van der Waals surface area contributed by atoms with Crippen LogP contribution >= 0.6 is 0 Å². The fourth-order valence-corrected chi connectivity index (χ4v) is 3.01. The van der Waals surface area contributed by atoms with E-state index >= 15 is 0 Å². The first kappa shape index (κ1) is 13.6. The van der Waals surface area contributed by atoms with Gasteiger partial charge < -0.3 is 19.3 Å². The maximum atomic E-state index is 5.92. The highest BCUT2D eigenvalue weighted by Gasteiger charge is 2.24. The van der Waals surface area contributed by atoms with Crippen molar-refractivity contribution in [2.75, 3.05) is 50.8 Å². The van der Waals surface area contributed by atoms with Gasteiger partial charge in [0, 0.05) is 26.2 Å². The maximum absolute atomic E-state index is 5.92. The molecular weight excluding hydrogens is 252 g/mol. The largest absolute Gasteiger partial charge is 0.486 e. The van der Waals surface area contributed by atoms with Gasteiger partial charge in [-0.05, 0) is 24.6 Å². The Balaban J connectivity index is 1.87. The Morgan fingerprint density at radius 1 is 0.950 bits per heavy atom. The monoisotopic (exact) mass is 276 g/mol. The summed E-state index contributed by atoms with van der Waals surface area (Å²) in [6.45, 7) is 11.2. The lowest BCUT2D eigenvalue weighted by Gasteiger charge is -2.37. The molecule has 0 unspecified atom stereocenters. The van der Waals surface area contributed by atoms with Crippen LogP contribution in [-0.4, -0.2) is 50.8 Å². The van der Waals surface area contributed by atoms with Gasteiger partial charge in [-0.25, -0.2) is 0 Å². The molecule has 1 aromatic rings. The van der Waals surface area contributed by atoms with Crippen molar-refractivity contribution in [1.82, 2.24) is 4.90 Å². The van der Waals surface area contributed by atoms with Gasteiger partial charge in [0.05, 0.1) is 5.69 Å². The number of ether oxygens (including phenoxy) is 2. The van der Waals surface area contributed by atoms with Gasteiger partial charge in [-0.2, -0.15) is 0 Å². The molecule has 110 valence electrons. The number of anilines is 1. The summed E-state index contributed by atoms with van der Waals surface area (Å²) in [4.78, 5) is 4.92. The van der Waals surface area contributed by atoms with Gasteiger partial charge in [0.2, 0.25) is 0 Å². The van der Waals surface area contributed by atoms with E-state index in [2.05, 4.69) is 35.8 Å². The number of aryl methyl sites for hydroxylation is 1. The standard InChI is InChI=1S/C16H24N2O2/c1-3-13-5-6-14(16-15(13)19-11-12-20-16)18-9-7-17(4-2)8-10-18/h5-6H,3-4,7-12H2,1-2H3. The molecule has 1 fully saturated rings. The van der Waals surface area contributed by atoms with E-state index in [9.17, 15) is 0 Å². The molecule has 0 aromatic heterocycles. The summed E-state index contributed by atoms with van der Waals surface area (Å²) in [6.07, 6.45) is 0.982. The van der Waals surface area contributed by atoms with E-state index in [1.165, 1.54) is 11.3 Å². The van der Waals surface area contributed by atoms with Crippen LogP contribution in [0.25, 0.3) is 0 Å². The van der Waals surface area contributed by atoms with Crippen molar-refractivity contribution in [3.05, 3.63) is 17.7 Å². The molecule has 0 saturated carbocycles. The topological polar surface area (TPSA) is 24.9 Å². The highest BCUT2D eigenvalue weighted by Crippen LogP contribution is 2.42. The quantitative estimate of drug-likeness (QED) is 0.844. The van der Waals surface area contributed by atoms with Crippen LogP contribution in [-0.2, 0) is 6.42 Å². The first-order chi connectivity index (χ1) is 9.83. The van der Waals surface area contributed by atoms with Crippen molar-refractivity contribution in [3.8, 4) is 11.5 Å². The van der Waals surface area contributed by atoms with E-state index in [1.807, 2.05) is 0 Å². The van der Waals surface area contributed by atoms with Crippen molar-refractivity contribution in [3.63, 3.8) is 0 Å². The minimum Gasteiger partial charge on any atom is -0.486 e. The molecule has 3 rings (SSSR count). The van der Waals surface area contributed by atoms with Crippen LogP contribution in [0, 0.1) is 0 Å². The van der Waals surface area contributed by atoms with Gasteiger partial charge in [0.1, 0.15) is 13.2 Å². The van der Waals surface area contributed by atoms with Crippen LogP contribution in [0.15, 0.2) is 12.1 Å². The molecule has 0 spiro atoms. The third-order valence-corrected chi connectivity index (χ3v) is 4.29. The Morgan fingerprint density at radius 2 is 1.65 bits per heavy atom. The molecule has 2 aliphatic rings. The van der Waals surface area contributed by atoms with Crippen molar-refractivity contribution < 1.29 is 9.47 Å². The Kier molecular flexibility index (Phi) is 4.01. The van der Waals surface area contributed by atoms with E-state index in [1.54, 1.807) is 0 Å². The summed E-state index contributed by atoms with van der Waals surface area (Å²) in [5.41, 5.74) is 2.45. The molecule has 0 aliphatic carbocycles. The Labute approximate surface area is 121 Å². The predicted octanol–water partition coefficient (Wildman–Crippen LogP) is 2.16. The highest BCUT2D eigenvalue weighted by atomic mass is 16.6. The van der Waals surface area contributed by atoms with Gasteiger partial charge in [-0.1, -0.05) is 19.9 Å². The summed E-state index contributed by atoms with van der Waals surface area (Å²) >= 11 is 0. The zero-order valence-corrected chi connectivity index (χ0v) is 12.5. The molecule has 20 heavy (non-hydrogen) atoms.